The number of nitrogens with zero attached hydrogens (tertiary/aromatic N) is 5. The minimum absolute atomic E-state index is 0.140. The van der Waals surface area contributed by atoms with E-state index in [1.807, 2.05) is 32.8 Å². The van der Waals surface area contributed by atoms with Crippen molar-refractivity contribution < 1.29 is 4.79 Å². The Labute approximate surface area is 129 Å². The van der Waals surface area contributed by atoms with Crippen molar-refractivity contribution in [2.24, 2.45) is 0 Å². The average Bonchev–Trinajstić information content (AvgIpc) is 2.98. The summed E-state index contributed by atoms with van der Waals surface area (Å²) in [5, 5.41) is 8.89. The van der Waals surface area contributed by atoms with Gasteiger partial charge in [-0.15, -0.1) is 0 Å². The Hall–Kier alpha value is -1.66. The van der Waals surface area contributed by atoms with Crippen LogP contribution in [-0.4, -0.2) is 50.9 Å². The van der Waals surface area contributed by atoms with E-state index in [4.69, 9.17) is 11.6 Å². The minimum atomic E-state index is -0.140. The van der Waals surface area contributed by atoms with Crippen molar-refractivity contribution in [3.8, 4) is 0 Å². The van der Waals surface area contributed by atoms with Gasteiger partial charge in [0, 0.05) is 13.1 Å². The second-order valence-electron chi connectivity index (χ2n) is 5.18. The van der Waals surface area contributed by atoms with Crippen molar-refractivity contribution >= 4 is 17.4 Å². The van der Waals surface area contributed by atoms with Crippen molar-refractivity contribution in [2.45, 2.75) is 26.9 Å². The molecule has 0 fully saturated rings. The molecule has 114 valence electrons. The van der Waals surface area contributed by atoms with Crippen LogP contribution < -0.4 is 0 Å². The van der Waals surface area contributed by atoms with Crippen molar-refractivity contribution in [1.29, 1.82) is 0 Å². The van der Waals surface area contributed by atoms with Crippen molar-refractivity contribution in [3.63, 3.8) is 0 Å². The SMILES string of the molecule is CCn1nc(C)cc1C(=O)c1c(Cl)cnn1CCN(C)C. The smallest absolute Gasteiger partial charge is 0.230 e. The number of ketones is 1. The molecule has 7 heteroatoms. The maximum Gasteiger partial charge on any atom is 0.230 e. The van der Waals surface area contributed by atoms with Crippen LogP contribution in [0.2, 0.25) is 5.02 Å². The van der Waals surface area contributed by atoms with E-state index in [0.29, 0.717) is 29.5 Å². The van der Waals surface area contributed by atoms with Gasteiger partial charge in [-0.2, -0.15) is 10.2 Å². The summed E-state index contributed by atoms with van der Waals surface area (Å²) in [6.07, 6.45) is 1.52. The van der Waals surface area contributed by atoms with Crippen molar-refractivity contribution in [2.75, 3.05) is 20.6 Å². The lowest BCUT2D eigenvalue weighted by molar-refractivity contribution is 0.101. The van der Waals surface area contributed by atoms with Gasteiger partial charge in [0.25, 0.3) is 0 Å². The second kappa shape index (κ2) is 6.41. The molecule has 0 spiro atoms. The quantitative estimate of drug-likeness (QED) is 0.764. The minimum Gasteiger partial charge on any atom is -0.308 e. The first-order chi connectivity index (χ1) is 9.93. The summed E-state index contributed by atoms with van der Waals surface area (Å²) in [5.74, 6) is -0.140. The lowest BCUT2D eigenvalue weighted by Gasteiger charge is -2.12. The topological polar surface area (TPSA) is 56.0 Å². The molecule has 21 heavy (non-hydrogen) atoms. The van der Waals surface area contributed by atoms with E-state index in [1.54, 1.807) is 15.4 Å². The van der Waals surface area contributed by atoms with Crippen molar-refractivity contribution in [3.05, 3.63) is 34.4 Å². The number of carbonyl (C=O) groups is 1. The number of likely N-dealkylation sites (N-methyl/N-ethyl adjacent to an activating group) is 1. The summed E-state index contributed by atoms with van der Waals surface area (Å²) < 4.78 is 3.35. The molecule has 0 N–H and O–H groups in total. The van der Waals surface area contributed by atoms with Gasteiger partial charge in [0.1, 0.15) is 11.4 Å². The predicted molar refractivity (Wildman–Crippen MR) is 81.9 cm³/mol. The predicted octanol–water partition coefficient (Wildman–Crippen LogP) is 1.85. The molecular weight excluding hydrogens is 290 g/mol. The number of hydrogen-bond donors (Lipinski definition) is 0. The molecule has 0 aliphatic carbocycles. The third-order valence-corrected chi connectivity index (χ3v) is 3.48. The third kappa shape index (κ3) is 3.33. The molecule has 0 bridgehead atoms. The maximum atomic E-state index is 12.8. The van der Waals surface area contributed by atoms with Crippen molar-refractivity contribution in [1.82, 2.24) is 24.5 Å². The number of halogens is 1. The highest BCUT2D eigenvalue weighted by Gasteiger charge is 2.22. The van der Waals surface area contributed by atoms with Gasteiger partial charge in [-0.05, 0) is 34.0 Å². The fourth-order valence-electron chi connectivity index (χ4n) is 2.14. The molecule has 0 aliphatic heterocycles. The Morgan fingerprint density at radius 2 is 2.10 bits per heavy atom. The van der Waals surface area contributed by atoms with Gasteiger partial charge in [-0.1, -0.05) is 11.6 Å². The first kappa shape index (κ1) is 15.7. The summed E-state index contributed by atoms with van der Waals surface area (Å²) in [7, 11) is 3.95. The summed E-state index contributed by atoms with van der Waals surface area (Å²) in [4.78, 5) is 14.8. The van der Waals surface area contributed by atoms with Gasteiger partial charge in [-0.25, -0.2) is 0 Å². The van der Waals surface area contributed by atoms with Crippen LogP contribution >= 0.6 is 11.6 Å². The highest BCUT2D eigenvalue weighted by atomic mass is 35.5. The number of aryl methyl sites for hydroxylation is 2. The van der Waals surface area contributed by atoms with Gasteiger partial charge < -0.3 is 4.90 Å². The van der Waals surface area contributed by atoms with E-state index in [1.165, 1.54) is 6.20 Å². The molecule has 0 radical (unpaired) electrons. The first-order valence-electron chi connectivity index (χ1n) is 6.89. The first-order valence-corrected chi connectivity index (χ1v) is 7.27. The van der Waals surface area contributed by atoms with Crippen LogP contribution in [0.25, 0.3) is 0 Å². The normalized spacial score (nSPS) is 11.3. The average molecular weight is 310 g/mol. The monoisotopic (exact) mass is 309 g/mol. The number of aromatic nitrogens is 4. The molecule has 0 saturated heterocycles. The van der Waals surface area contributed by atoms with Crippen LogP contribution in [-0.2, 0) is 13.1 Å². The van der Waals surface area contributed by atoms with Crippen LogP contribution in [0.5, 0.6) is 0 Å². The largest absolute Gasteiger partial charge is 0.308 e. The van der Waals surface area contributed by atoms with Crippen LogP contribution in [0.4, 0.5) is 0 Å². The Morgan fingerprint density at radius 1 is 1.38 bits per heavy atom. The number of rotatable bonds is 6. The van der Waals surface area contributed by atoms with E-state index < -0.39 is 0 Å². The fourth-order valence-corrected chi connectivity index (χ4v) is 2.37. The highest BCUT2D eigenvalue weighted by molar-refractivity contribution is 6.34. The second-order valence-corrected chi connectivity index (χ2v) is 5.59. The summed E-state index contributed by atoms with van der Waals surface area (Å²) in [6.45, 7) is 5.85. The number of carbonyl (C=O) groups excluding carboxylic acids is 1. The van der Waals surface area contributed by atoms with E-state index >= 15 is 0 Å². The molecule has 0 amide bonds. The Morgan fingerprint density at radius 3 is 2.71 bits per heavy atom. The molecule has 2 aromatic rings. The molecule has 0 aliphatic rings. The highest BCUT2D eigenvalue weighted by Crippen LogP contribution is 2.20. The molecule has 0 saturated carbocycles. The van der Waals surface area contributed by atoms with E-state index in [9.17, 15) is 4.79 Å². The van der Waals surface area contributed by atoms with Gasteiger partial charge in [0.05, 0.1) is 23.5 Å². The van der Waals surface area contributed by atoms with Crippen LogP contribution in [0, 0.1) is 6.92 Å². The Bertz CT molecular complexity index is 644. The lowest BCUT2D eigenvalue weighted by atomic mass is 10.2. The molecular formula is C14H20ClN5O. The maximum absolute atomic E-state index is 12.8. The van der Waals surface area contributed by atoms with Gasteiger partial charge in [0.15, 0.2) is 0 Å². The molecule has 2 heterocycles. The molecule has 0 atom stereocenters. The van der Waals surface area contributed by atoms with E-state index in [2.05, 4.69) is 10.2 Å². The zero-order valence-corrected chi connectivity index (χ0v) is 13.6. The molecule has 6 nitrogen and oxygen atoms in total. The number of hydrogen-bond acceptors (Lipinski definition) is 4. The summed E-state index contributed by atoms with van der Waals surface area (Å²) >= 11 is 6.16. The summed E-state index contributed by atoms with van der Waals surface area (Å²) in [6, 6.07) is 1.78. The molecule has 2 rings (SSSR count). The standard InChI is InChI=1S/C14H20ClN5O/c1-5-19-12(8-10(2)17-19)14(21)13-11(15)9-16-20(13)7-6-18(3)4/h8-9H,5-7H2,1-4H3. The Balaban J connectivity index is 2.36. The van der Waals surface area contributed by atoms with Crippen LogP contribution in [0.1, 0.15) is 28.8 Å². The lowest BCUT2D eigenvalue weighted by Crippen LogP contribution is -2.22. The zero-order valence-electron chi connectivity index (χ0n) is 12.8. The third-order valence-electron chi connectivity index (χ3n) is 3.20. The van der Waals surface area contributed by atoms with E-state index in [0.717, 1.165) is 12.2 Å². The summed E-state index contributed by atoms with van der Waals surface area (Å²) in [5.41, 5.74) is 1.78. The molecule has 2 aromatic heterocycles. The molecule has 0 unspecified atom stereocenters. The zero-order chi connectivity index (χ0) is 15.6. The molecule has 0 aromatic carbocycles. The fraction of sp³-hybridized carbons (Fsp3) is 0.500. The van der Waals surface area contributed by atoms with Gasteiger partial charge in [0.2, 0.25) is 5.78 Å². The Kier molecular flexibility index (Phi) is 4.80. The van der Waals surface area contributed by atoms with E-state index in [-0.39, 0.29) is 5.78 Å². The van der Waals surface area contributed by atoms with Crippen LogP contribution in [0.3, 0.4) is 0 Å². The van der Waals surface area contributed by atoms with Gasteiger partial charge >= 0.3 is 0 Å². The van der Waals surface area contributed by atoms with Crippen LogP contribution in [0.15, 0.2) is 12.3 Å². The van der Waals surface area contributed by atoms with Gasteiger partial charge in [-0.3, -0.25) is 14.2 Å².